The number of nitrogens with zero attached hydrogens (tertiary/aromatic N) is 1. The fraction of sp³-hybridized carbons (Fsp3) is 0.316. The van der Waals surface area contributed by atoms with Crippen molar-refractivity contribution in [3.8, 4) is 0 Å². The number of carbonyl (C=O) groups is 1. The van der Waals surface area contributed by atoms with Crippen LogP contribution in [-0.2, 0) is 6.42 Å². The molecule has 0 spiro atoms. The van der Waals surface area contributed by atoms with E-state index in [1.54, 1.807) is 18.2 Å². The Morgan fingerprint density at radius 1 is 1.08 bits per heavy atom. The predicted molar refractivity (Wildman–Crippen MR) is 108 cm³/mol. The molecule has 1 amide bonds. The summed E-state index contributed by atoms with van der Waals surface area (Å²) in [7, 11) is 0. The second kappa shape index (κ2) is 8.95. The molecule has 0 aliphatic carbocycles. The van der Waals surface area contributed by atoms with E-state index in [9.17, 15) is 4.79 Å². The third-order valence-corrected chi connectivity index (χ3v) is 5.70. The molecule has 0 bridgehead atoms. The Morgan fingerprint density at radius 3 is 2.48 bits per heavy atom. The third kappa shape index (κ3) is 5.38. The minimum absolute atomic E-state index is 0.236. The lowest BCUT2D eigenvalue weighted by molar-refractivity contribution is 0.102. The standard InChI is InChI=1S/C19H20Cl2N2OS/c20-15-3-6-17(18(21)13-15)19(24)22-16-4-1-14(2-5-16)7-8-23-9-11-25-12-10-23/h1-6,13H,7-12H2,(H,22,24). The summed E-state index contributed by atoms with van der Waals surface area (Å²) in [5, 5.41) is 3.73. The fourth-order valence-corrected chi connectivity index (χ4v) is 4.21. The fourth-order valence-electron chi connectivity index (χ4n) is 2.74. The van der Waals surface area contributed by atoms with Crippen molar-refractivity contribution in [2.24, 2.45) is 0 Å². The summed E-state index contributed by atoms with van der Waals surface area (Å²) in [6.45, 7) is 3.45. The van der Waals surface area contributed by atoms with Gasteiger partial charge in [0.25, 0.3) is 5.91 Å². The molecule has 6 heteroatoms. The molecule has 132 valence electrons. The number of halogens is 2. The Morgan fingerprint density at radius 2 is 1.80 bits per heavy atom. The van der Waals surface area contributed by atoms with E-state index in [0.29, 0.717) is 15.6 Å². The van der Waals surface area contributed by atoms with Crippen molar-refractivity contribution in [1.82, 2.24) is 4.90 Å². The molecule has 3 rings (SSSR count). The van der Waals surface area contributed by atoms with Gasteiger partial charge in [-0.2, -0.15) is 11.8 Å². The van der Waals surface area contributed by atoms with Gasteiger partial charge in [-0.05, 0) is 42.3 Å². The van der Waals surface area contributed by atoms with Crippen LogP contribution in [0.1, 0.15) is 15.9 Å². The quantitative estimate of drug-likeness (QED) is 0.787. The van der Waals surface area contributed by atoms with E-state index in [0.717, 1.165) is 18.7 Å². The van der Waals surface area contributed by atoms with E-state index in [2.05, 4.69) is 22.3 Å². The highest BCUT2D eigenvalue weighted by molar-refractivity contribution is 7.99. The van der Waals surface area contributed by atoms with Crippen LogP contribution in [0, 0.1) is 0 Å². The zero-order valence-corrected chi connectivity index (χ0v) is 16.1. The SMILES string of the molecule is O=C(Nc1ccc(CCN2CCSCC2)cc1)c1ccc(Cl)cc1Cl. The van der Waals surface area contributed by atoms with Gasteiger partial charge in [0.1, 0.15) is 0 Å². The predicted octanol–water partition coefficient (Wildman–Crippen LogP) is 4.84. The molecule has 1 heterocycles. The molecule has 0 atom stereocenters. The van der Waals surface area contributed by atoms with Crippen molar-refractivity contribution in [2.75, 3.05) is 36.5 Å². The van der Waals surface area contributed by atoms with Gasteiger partial charge in [-0.15, -0.1) is 0 Å². The van der Waals surface area contributed by atoms with Gasteiger partial charge in [-0.25, -0.2) is 0 Å². The average molecular weight is 395 g/mol. The number of rotatable bonds is 5. The topological polar surface area (TPSA) is 32.3 Å². The van der Waals surface area contributed by atoms with Crippen LogP contribution in [0.3, 0.4) is 0 Å². The lowest BCUT2D eigenvalue weighted by atomic mass is 10.1. The Hall–Kier alpha value is -1.20. The van der Waals surface area contributed by atoms with Crippen molar-refractivity contribution in [2.45, 2.75) is 6.42 Å². The molecule has 1 aliphatic heterocycles. The van der Waals surface area contributed by atoms with Gasteiger partial charge in [-0.1, -0.05) is 35.3 Å². The molecule has 1 aliphatic rings. The van der Waals surface area contributed by atoms with Crippen LogP contribution in [0.2, 0.25) is 10.0 Å². The highest BCUT2D eigenvalue weighted by Gasteiger charge is 2.12. The van der Waals surface area contributed by atoms with Gasteiger partial charge < -0.3 is 10.2 Å². The van der Waals surface area contributed by atoms with E-state index in [-0.39, 0.29) is 5.91 Å². The van der Waals surface area contributed by atoms with Crippen LogP contribution in [0.5, 0.6) is 0 Å². The Balaban J connectivity index is 1.55. The summed E-state index contributed by atoms with van der Waals surface area (Å²) in [6.07, 6.45) is 1.03. The van der Waals surface area contributed by atoms with Gasteiger partial charge in [0.2, 0.25) is 0 Å². The summed E-state index contributed by atoms with van der Waals surface area (Å²) in [6, 6.07) is 12.9. The van der Waals surface area contributed by atoms with Crippen molar-refractivity contribution in [3.05, 3.63) is 63.6 Å². The molecular weight excluding hydrogens is 375 g/mol. The van der Waals surface area contributed by atoms with Gasteiger partial charge in [0, 0.05) is 41.8 Å². The molecule has 0 radical (unpaired) electrons. The van der Waals surface area contributed by atoms with Crippen LogP contribution < -0.4 is 5.32 Å². The number of carbonyl (C=O) groups excluding carboxylic acids is 1. The first-order valence-electron chi connectivity index (χ1n) is 8.27. The Bertz CT molecular complexity index is 731. The summed E-state index contributed by atoms with van der Waals surface area (Å²) in [5.74, 6) is 2.23. The molecule has 3 nitrogen and oxygen atoms in total. The van der Waals surface area contributed by atoms with Gasteiger partial charge >= 0.3 is 0 Å². The van der Waals surface area contributed by atoms with Crippen LogP contribution >= 0.6 is 35.0 Å². The first-order chi connectivity index (χ1) is 12.1. The average Bonchev–Trinajstić information content (AvgIpc) is 2.62. The Kier molecular flexibility index (Phi) is 6.65. The normalized spacial score (nSPS) is 15.1. The highest BCUT2D eigenvalue weighted by Crippen LogP contribution is 2.22. The molecule has 0 unspecified atom stereocenters. The number of amides is 1. The van der Waals surface area contributed by atoms with Crippen LogP contribution in [-0.4, -0.2) is 41.9 Å². The second-order valence-corrected chi connectivity index (χ2v) is 8.05. The summed E-state index contributed by atoms with van der Waals surface area (Å²) >= 11 is 14.0. The molecule has 1 N–H and O–H groups in total. The van der Waals surface area contributed by atoms with E-state index in [1.165, 1.54) is 30.2 Å². The molecule has 1 fully saturated rings. The molecule has 25 heavy (non-hydrogen) atoms. The van der Waals surface area contributed by atoms with Crippen molar-refractivity contribution < 1.29 is 4.79 Å². The molecule has 0 aromatic heterocycles. The zero-order chi connectivity index (χ0) is 17.6. The molecule has 2 aromatic carbocycles. The number of thioether (sulfide) groups is 1. The number of benzene rings is 2. The Labute approximate surface area is 162 Å². The van der Waals surface area contributed by atoms with Crippen molar-refractivity contribution in [1.29, 1.82) is 0 Å². The van der Waals surface area contributed by atoms with Gasteiger partial charge in [-0.3, -0.25) is 4.79 Å². The lowest BCUT2D eigenvalue weighted by Gasteiger charge is -2.26. The maximum absolute atomic E-state index is 12.3. The summed E-state index contributed by atoms with van der Waals surface area (Å²) in [5.41, 5.74) is 2.45. The maximum Gasteiger partial charge on any atom is 0.257 e. The zero-order valence-electron chi connectivity index (χ0n) is 13.8. The number of nitrogens with one attached hydrogen (secondary N) is 1. The maximum atomic E-state index is 12.3. The van der Waals surface area contributed by atoms with Crippen molar-refractivity contribution >= 4 is 46.6 Å². The minimum Gasteiger partial charge on any atom is -0.322 e. The number of anilines is 1. The van der Waals surface area contributed by atoms with Crippen LogP contribution in [0.4, 0.5) is 5.69 Å². The van der Waals surface area contributed by atoms with Crippen LogP contribution in [0.15, 0.2) is 42.5 Å². The van der Waals surface area contributed by atoms with Crippen LogP contribution in [0.25, 0.3) is 0 Å². The molecular formula is C19H20Cl2N2OS. The number of hydrogen-bond donors (Lipinski definition) is 1. The number of hydrogen-bond acceptors (Lipinski definition) is 3. The van der Waals surface area contributed by atoms with E-state index in [4.69, 9.17) is 23.2 Å². The smallest absolute Gasteiger partial charge is 0.257 e. The molecule has 1 saturated heterocycles. The van der Waals surface area contributed by atoms with Gasteiger partial charge in [0.05, 0.1) is 10.6 Å². The first kappa shape index (κ1) is 18.6. The monoisotopic (exact) mass is 394 g/mol. The first-order valence-corrected chi connectivity index (χ1v) is 10.2. The highest BCUT2D eigenvalue weighted by atomic mass is 35.5. The van der Waals surface area contributed by atoms with Gasteiger partial charge in [0.15, 0.2) is 0 Å². The third-order valence-electron chi connectivity index (χ3n) is 4.21. The second-order valence-electron chi connectivity index (χ2n) is 5.98. The summed E-state index contributed by atoms with van der Waals surface area (Å²) < 4.78 is 0. The molecule has 0 saturated carbocycles. The van der Waals surface area contributed by atoms with E-state index >= 15 is 0 Å². The van der Waals surface area contributed by atoms with Crippen molar-refractivity contribution in [3.63, 3.8) is 0 Å². The lowest BCUT2D eigenvalue weighted by Crippen LogP contribution is -2.34. The van der Waals surface area contributed by atoms with E-state index in [1.807, 2.05) is 23.9 Å². The largest absolute Gasteiger partial charge is 0.322 e. The minimum atomic E-state index is -0.236. The molecule has 2 aromatic rings. The summed E-state index contributed by atoms with van der Waals surface area (Å²) in [4.78, 5) is 14.8. The van der Waals surface area contributed by atoms with E-state index < -0.39 is 0 Å².